The van der Waals surface area contributed by atoms with Gasteiger partial charge in [-0.25, -0.2) is 0 Å². The summed E-state index contributed by atoms with van der Waals surface area (Å²) in [5.41, 5.74) is 7.56. The largest absolute Gasteiger partial charge is 0.366 e. The molecule has 0 unspecified atom stereocenters. The lowest BCUT2D eigenvalue weighted by Crippen LogP contribution is -2.20. The molecule has 5 N–H and O–H groups in total. The summed E-state index contributed by atoms with van der Waals surface area (Å²) in [6.45, 7) is 0.919. The number of nitrogens with one attached hydrogen (secondary N) is 3. The van der Waals surface area contributed by atoms with Gasteiger partial charge in [0.05, 0.1) is 16.5 Å². The van der Waals surface area contributed by atoms with E-state index in [1.165, 1.54) is 0 Å². The number of hydrogen-bond acceptors (Lipinski definition) is 5. The Morgan fingerprint density at radius 2 is 1.70 bits per heavy atom. The van der Waals surface area contributed by atoms with Crippen LogP contribution < -0.4 is 21.7 Å². The molecule has 0 bridgehead atoms. The fourth-order valence-corrected chi connectivity index (χ4v) is 3.66. The fourth-order valence-electron chi connectivity index (χ4n) is 2.30. The molecule has 0 aliphatic heterocycles. The maximum Gasteiger partial charge on any atom is 0.248 e. The summed E-state index contributed by atoms with van der Waals surface area (Å²) in [5, 5.41) is 9.60. The molecule has 7 nitrogen and oxygen atoms in total. The van der Waals surface area contributed by atoms with Gasteiger partial charge in [0, 0.05) is 29.2 Å². The summed E-state index contributed by atoms with van der Waals surface area (Å²) in [4.78, 5) is 25.2. The molecule has 0 spiro atoms. The quantitative estimate of drug-likeness (QED) is 0.332. The number of thiocarbonyl (C=S) groups is 1. The van der Waals surface area contributed by atoms with E-state index in [9.17, 15) is 9.59 Å². The van der Waals surface area contributed by atoms with Crippen LogP contribution in [0.5, 0.6) is 0 Å². The topological polar surface area (TPSA) is 99.5 Å². The van der Waals surface area contributed by atoms with Gasteiger partial charge in [-0.15, -0.1) is 0 Å². The first kappa shape index (κ1) is 23.9. The molecule has 160 valence electrons. The zero-order chi connectivity index (χ0) is 22.1. The van der Waals surface area contributed by atoms with Gasteiger partial charge in [-0.2, -0.15) is 11.8 Å². The second-order valence-electron chi connectivity index (χ2n) is 6.62. The van der Waals surface area contributed by atoms with E-state index in [0.29, 0.717) is 38.5 Å². The number of carbonyl (C=O) groups excluding carboxylic acids is 2. The van der Waals surface area contributed by atoms with E-state index in [2.05, 4.69) is 20.9 Å². The zero-order valence-electron chi connectivity index (χ0n) is 16.7. The van der Waals surface area contributed by atoms with Gasteiger partial charge < -0.3 is 26.6 Å². The van der Waals surface area contributed by atoms with E-state index in [1.54, 1.807) is 54.2 Å². The van der Waals surface area contributed by atoms with Crippen LogP contribution in [0, 0.1) is 0 Å². The molecule has 0 saturated heterocycles. The van der Waals surface area contributed by atoms with Crippen LogP contribution in [0.3, 0.4) is 0 Å². The van der Waals surface area contributed by atoms with Crippen molar-refractivity contribution in [1.82, 2.24) is 4.90 Å². The Morgan fingerprint density at radius 1 is 1.07 bits per heavy atom. The highest BCUT2D eigenvalue weighted by molar-refractivity contribution is 7.99. The smallest absolute Gasteiger partial charge is 0.248 e. The number of rotatable bonds is 9. The van der Waals surface area contributed by atoms with Crippen molar-refractivity contribution in [2.75, 3.05) is 48.1 Å². The van der Waals surface area contributed by atoms with Crippen molar-refractivity contribution in [2.45, 2.75) is 0 Å². The van der Waals surface area contributed by atoms with E-state index >= 15 is 0 Å². The first-order valence-electron chi connectivity index (χ1n) is 9.04. The molecule has 2 aromatic rings. The van der Waals surface area contributed by atoms with Gasteiger partial charge in [0.25, 0.3) is 0 Å². The van der Waals surface area contributed by atoms with Gasteiger partial charge in [-0.05, 0) is 68.8 Å². The van der Waals surface area contributed by atoms with E-state index in [0.717, 1.165) is 12.3 Å². The molecule has 0 saturated carbocycles. The molecule has 0 aromatic heterocycles. The molecular formula is C20H24ClN5O2S2. The normalized spacial score (nSPS) is 10.5. The molecule has 10 heteroatoms. The second-order valence-corrected chi connectivity index (χ2v) is 8.54. The summed E-state index contributed by atoms with van der Waals surface area (Å²) in [6.07, 6.45) is 0. The van der Waals surface area contributed by atoms with Gasteiger partial charge in [0.2, 0.25) is 11.8 Å². The second kappa shape index (κ2) is 11.8. The average molecular weight is 466 g/mol. The number of hydrogen-bond donors (Lipinski definition) is 4. The van der Waals surface area contributed by atoms with E-state index < -0.39 is 5.91 Å². The van der Waals surface area contributed by atoms with Crippen LogP contribution in [0.15, 0.2) is 42.5 Å². The van der Waals surface area contributed by atoms with Gasteiger partial charge in [-0.1, -0.05) is 11.6 Å². The van der Waals surface area contributed by atoms with Crippen LogP contribution in [-0.2, 0) is 4.79 Å². The SMILES string of the molecule is CN(C)CCSCC(=O)Nc1ccc(NC(=S)Nc2ccc(C(N)=O)cc2)cc1Cl. The van der Waals surface area contributed by atoms with E-state index in [-0.39, 0.29) is 5.91 Å². The minimum absolute atomic E-state index is 0.0991. The number of amides is 2. The highest BCUT2D eigenvalue weighted by atomic mass is 35.5. The Balaban J connectivity index is 1.86. The number of benzene rings is 2. The first-order valence-corrected chi connectivity index (χ1v) is 11.0. The summed E-state index contributed by atoms with van der Waals surface area (Å²) in [5.74, 6) is 0.661. The lowest BCUT2D eigenvalue weighted by molar-refractivity contribution is -0.113. The molecule has 0 atom stereocenters. The Labute approximate surface area is 190 Å². The molecule has 0 aliphatic rings. The Bertz CT molecular complexity index is 907. The van der Waals surface area contributed by atoms with Crippen LogP contribution in [0.25, 0.3) is 0 Å². The number of nitrogens with zero attached hydrogens (tertiary/aromatic N) is 1. The maximum absolute atomic E-state index is 12.1. The number of anilines is 3. The van der Waals surface area contributed by atoms with Gasteiger partial charge in [0.15, 0.2) is 5.11 Å². The summed E-state index contributed by atoms with van der Waals surface area (Å²) in [7, 11) is 3.99. The van der Waals surface area contributed by atoms with Crippen molar-refractivity contribution in [2.24, 2.45) is 5.73 Å². The van der Waals surface area contributed by atoms with Crippen molar-refractivity contribution >= 4 is 69.6 Å². The number of carbonyl (C=O) groups is 2. The Hall–Kier alpha value is -2.33. The van der Waals surface area contributed by atoms with Crippen LogP contribution in [0.1, 0.15) is 10.4 Å². The van der Waals surface area contributed by atoms with Crippen LogP contribution in [-0.4, -0.2) is 54.0 Å². The number of primary amides is 1. The molecule has 0 heterocycles. The first-order chi connectivity index (χ1) is 14.2. The Kier molecular flexibility index (Phi) is 9.38. The molecule has 0 aliphatic carbocycles. The summed E-state index contributed by atoms with van der Waals surface area (Å²) in [6, 6.07) is 11.8. The van der Waals surface area contributed by atoms with Crippen LogP contribution in [0.2, 0.25) is 5.02 Å². The third kappa shape index (κ3) is 8.19. The maximum atomic E-state index is 12.1. The van der Waals surface area contributed by atoms with Crippen molar-refractivity contribution in [1.29, 1.82) is 0 Å². The summed E-state index contributed by atoms with van der Waals surface area (Å²) < 4.78 is 0. The molecule has 0 radical (unpaired) electrons. The van der Waals surface area contributed by atoms with Gasteiger partial charge in [-0.3, -0.25) is 9.59 Å². The average Bonchev–Trinajstić information content (AvgIpc) is 2.67. The summed E-state index contributed by atoms with van der Waals surface area (Å²) >= 11 is 13.2. The molecular weight excluding hydrogens is 442 g/mol. The predicted octanol–water partition coefficient (Wildman–Crippen LogP) is 3.48. The van der Waals surface area contributed by atoms with Crippen LogP contribution in [0.4, 0.5) is 17.1 Å². The van der Waals surface area contributed by atoms with Gasteiger partial charge in [0.1, 0.15) is 0 Å². The number of halogens is 1. The van der Waals surface area contributed by atoms with Crippen LogP contribution >= 0.6 is 35.6 Å². The molecule has 2 rings (SSSR count). The lowest BCUT2D eigenvalue weighted by Gasteiger charge is -2.13. The van der Waals surface area contributed by atoms with E-state index in [4.69, 9.17) is 29.6 Å². The van der Waals surface area contributed by atoms with Gasteiger partial charge >= 0.3 is 0 Å². The van der Waals surface area contributed by atoms with E-state index in [1.807, 2.05) is 14.1 Å². The van der Waals surface area contributed by atoms with Crippen molar-refractivity contribution in [3.05, 3.63) is 53.1 Å². The van der Waals surface area contributed by atoms with Crippen molar-refractivity contribution < 1.29 is 9.59 Å². The Morgan fingerprint density at radius 3 is 2.30 bits per heavy atom. The van der Waals surface area contributed by atoms with Crippen molar-refractivity contribution in [3.63, 3.8) is 0 Å². The van der Waals surface area contributed by atoms with Crippen molar-refractivity contribution in [3.8, 4) is 0 Å². The third-order valence-electron chi connectivity index (χ3n) is 3.84. The minimum Gasteiger partial charge on any atom is -0.366 e. The fraction of sp³-hybridized carbons (Fsp3) is 0.250. The minimum atomic E-state index is -0.490. The molecule has 0 fully saturated rings. The zero-order valence-corrected chi connectivity index (χ0v) is 19.1. The highest BCUT2D eigenvalue weighted by Crippen LogP contribution is 2.26. The monoisotopic (exact) mass is 465 g/mol. The highest BCUT2D eigenvalue weighted by Gasteiger charge is 2.08. The standard InChI is InChI=1S/C20H24ClN5O2S2/c1-26(2)9-10-30-12-18(27)25-17-8-7-15(11-16(17)21)24-20(29)23-14-5-3-13(4-6-14)19(22)28/h3-8,11H,9-10,12H2,1-2H3,(H2,22,28)(H,25,27)(H2,23,24,29). The number of nitrogens with two attached hydrogens (primary N) is 1. The number of thioether (sulfide) groups is 1. The third-order valence-corrected chi connectivity index (χ3v) is 5.30. The molecule has 30 heavy (non-hydrogen) atoms. The molecule has 2 amide bonds. The lowest BCUT2D eigenvalue weighted by atomic mass is 10.2. The molecule has 2 aromatic carbocycles. The predicted molar refractivity (Wildman–Crippen MR) is 131 cm³/mol.